The molecule has 1 aromatic rings. The molecule has 0 N–H and O–H groups in total. The first-order chi connectivity index (χ1) is 10.4. The summed E-state index contributed by atoms with van der Waals surface area (Å²) in [4.78, 5) is 23.4. The molecule has 1 fully saturated rings. The van der Waals surface area contributed by atoms with Gasteiger partial charge in [0, 0.05) is 6.92 Å². The van der Waals surface area contributed by atoms with E-state index in [0.717, 1.165) is 0 Å². The van der Waals surface area contributed by atoms with Gasteiger partial charge in [0.1, 0.15) is 0 Å². The van der Waals surface area contributed by atoms with Gasteiger partial charge in [-0.15, -0.1) is 0 Å². The summed E-state index contributed by atoms with van der Waals surface area (Å²) < 4.78 is 30.3. The predicted molar refractivity (Wildman–Crippen MR) is 75.9 cm³/mol. The number of rotatable bonds is 4. The molecular weight excluding hydrogens is 291 g/mol. The molecule has 0 aliphatic carbocycles. The topological polar surface area (TPSA) is 61.8 Å². The molecule has 1 heterocycles. The van der Waals surface area contributed by atoms with Crippen molar-refractivity contribution in [3.63, 3.8) is 0 Å². The largest absolute Gasteiger partial charge is 0.446 e. The summed E-state index contributed by atoms with van der Waals surface area (Å²) in [7, 11) is 0. The van der Waals surface area contributed by atoms with Gasteiger partial charge in [-0.25, -0.2) is 9.18 Å². The molecule has 0 bridgehead atoms. The SMILES string of the molecule is CC[C@H]1OC(OC(C)=O)C(C)(OC(=O)c2ccccc2)[C@H]1F. The highest BCUT2D eigenvalue weighted by Gasteiger charge is 2.59. The second-order valence-electron chi connectivity index (χ2n) is 5.37. The van der Waals surface area contributed by atoms with Crippen LogP contribution in [0.2, 0.25) is 0 Å². The summed E-state index contributed by atoms with van der Waals surface area (Å²) in [6.45, 7) is 4.31. The van der Waals surface area contributed by atoms with E-state index in [1.807, 2.05) is 0 Å². The highest BCUT2D eigenvalue weighted by atomic mass is 19.1. The smallest absolute Gasteiger partial charge is 0.339 e. The standard InChI is InChI=1S/C16H19FO5/c1-4-12-13(17)16(3,15(21-12)20-10(2)18)22-14(19)11-8-6-5-7-9-11/h5-9,12-13,15H,4H2,1-3H3/t12-,13+,15?,16?/m1/s1. The molecule has 120 valence electrons. The Hall–Kier alpha value is -1.95. The van der Waals surface area contributed by atoms with E-state index in [2.05, 4.69) is 0 Å². The maximum atomic E-state index is 14.6. The van der Waals surface area contributed by atoms with Crippen molar-refractivity contribution >= 4 is 11.9 Å². The van der Waals surface area contributed by atoms with E-state index in [9.17, 15) is 14.0 Å². The van der Waals surface area contributed by atoms with Crippen LogP contribution in [0.15, 0.2) is 30.3 Å². The fourth-order valence-corrected chi connectivity index (χ4v) is 2.40. The second-order valence-corrected chi connectivity index (χ2v) is 5.37. The molecular formula is C16H19FO5. The van der Waals surface area contributed by atoms with Crippen LogP contribution in [0.25, 0.3) is 0 Å². The molecule has 1 aliphatic rings. The van der Waals surface area contributed by atoms with Crippen molar-refractivity contribution in [2.45, 2.75) is 51.4 Å². The van der Waals surface area contributed by atoms with Gasteiger partial charge in [-0.3, -0.25) is 4.79 Å². The third kappa shape index (κ3) is 3.11. The van der Waals surface area contributed by atoms with Crippen molar-refractivity contribution in [1.29, 1.82) is 0 Å². The summed E-state index contributed by atoms with van der Waals surface area (Å²) in [5.74, 6) is -1.32. The van der Waals surface area contributed by atoms with Crippen molar-refractivity contribution in [2.24, 2.45) is 0 Å². The van der Waals surface area contributed by atoms with Gasteiger partial charge >= 0.3 is 11.9 Å². The zero-order valence-corrected chi connectivity index (χ0v) is 12.7. The quantitative estimate of drug-likeness (QED) is 0.800. The van der Waals surface area contributed by atoms with Gasteiger partial charge in [-0.05, 0) is 25.5 Å². The zero-order valence-electron chi connectivity index (χ0n) is 12.7. The number of halogens is 1. The Balaban J connectivity index is 2.23. The van der Waals surface area contributed by atoms with Gasteiger partial charge in [0.15, 0.2) is 6.17 Å². The average Bonchev–Trinajstić information content (AvgIpc) is 2.72. The predicted octanol–water partition coefficient (Wildman–Crippen LogP) is 2.64. The maximum absolute atomic E-state index is 14.6. The Kier molecular flexibility index (Phi) is 4.81. The Bertz CT molecular complexity index is 547. The molecule has 4 atom stereocenters. The molecule has 6 heteroatoms. The first-order valence-corrected chi connectivity index (χ1v) is 7.13. The molecule has 0 amide bonds. The van der Waals surface area contributed by atoms with E-state index in [1.165, 1.54) is 13.8 Å². The Morgan fingerprint density at radius 3 is 2.50 bits per heavy atom. The van der Waals surface area contributed by atoms with Crippen LogP contribution in [0.5, 0.6) is 0 Å². The lowest BCUT2D eigenvalue weighted by molar-refractivity contribution is -0.203. The monoisotopic (exact) mass is 310 g/mol. The van der Waals surface area contributed by atoms with Crippen molar-refractivity contribution in [2.75, 3.05) is 0 Å². The van der Waals surface area contributed by atoms with Crippen molar-refractivity contribution < 1.29 is 28.2 Å². The molecule has 5 nitrogen and oxygen atoms in total. The minimum atomic E-state index is -1.68. The van der Waals surface area contributed by atoms with Crippen LogP contribution >= 0.6 is 0 Å². The lowest BCUT2D eigenvalue weighted by Gasteiger charge is -2.30. The van der Waals surface area contributed by atoms with Gasteiger partial charge in [0.25, 0.3) is 0 Å². The molecule has 0 radical (unpaired) electrons. The first kappa shape index (κ1) is 16.4. The van der Waals surface area contributed by atoms with E-state index in [-0.39, 0.29) is 5.56 Å². The highest BCUT2D eigenvalue weighted by Crippen LogP contribution is 2.39. The van der Waals surface area contributed by atoms with Crippen LogP contribution in [0.3, 0.4) is 0 Å². The minimum Gasteiger partial charge on any atom is -0.446 e. The van der Waals surface area contributed by atoms with E-state index >= 15 is 0 Å². The average molecular weight is 310 g/mol. The summed E-state index contributed by atoms with van der Waals surface area (Å²) in [5.41, 5.74) is -1.39. The van der Waals surface area contributed by atoms with Crippen molar-refractivity contribution in [3.05, 3.63) is 35.9 Å². The Morgan fingerprint density at radius 2 is 1.95 bits per heavy atom. The van der Waals surface area contributed by atoms with E-state index in [0.29, 0.717) is 6.42 Å². The molecule has 0 spiro atoms. The molecule has 1 aromatic carbocycles. The van der Waals surface area contributed by atoms with Gasteiger partial charge in [-0.1, -0.05) is 25.1 Å². The Labute approximate surface area is 128 Å². The summed E-state index contributed by atoms with van der Waals surface area (Å²) in [6.07, 6.45) is -3.28. The number of hydrogen-bond donors (Lipinski definition) is 0. The second kappa shape index (κ2) is 6.44. The van der Waals surface area contributed by atoms with Crippen LogP contribution in [-0.2, 0) is 19.0 Å². The molecule has 0 aromatic heterocycles. The van der Waals surface area contributed by atoms with Crippen molar-refractivity contribution in [1.82, 2.24) is 0 Å². The van der Waals surface area contributed by atoms with Gasteiger partial charge in [0.05, 0.1) is 11.7 Å². The number of hydrogen-bond acceptors (Lipinski definition) is 5. The number of carbonyl (C=O) groups excluding carboxylic acids is 2. The van der Waals surface area contributed by atoms with Gasteiger partial charge < -0.3 is 14.2 Å². The van der Waals surface area contributed by atoms with Crippen molar-refractivity contribution in [3.8, 4) is 0 Å². The third-order valence-electron chi connectivity index (χ3n) is 3.64. The van der Waals surface area contributed by atoms with E-state index in [1.54, 1.807) is 37.3 Å². The van der Waals surface area contributed by atoms with Crippen LogP contribution < -0.4 is 0 Å². The van der Waals surface area contributed by atoms with Crippen LogP contribution in [0, 0.1) is 0 Å². The summed E-state index contributed by atoms with van der Waals surface area (Å²) in [6, 6.07) is 8.23. The maximum Gasteiger partial charge on any atom is 0.339 e. The molecule has 2 rings (SSSR count). The van der Waals surface area contributed by atoms with Gasteiger partial charge in [0.2, 0.25) is 11.9 Å². The van der Waals surface area contributed by atoms with Crippen LogP contribution in [0.1, 0.15) is 37.6 Å². The fraction of sp³-hybridized carbons (Fsp3) is 0.500. The van der Waals surface area contributed by atoms with E-state index in [4.69, 9.17) is 14.2 Å². The zero-order chi connectivity index (χ0) is 16.3. The normalized spacial score (nSPS) is 30.8. The summed E-state index contributed by atoms with van der Waals surface area (Å²) >= 11 is 0. The molecule has 1 aliphatic heterocycles. The van der Waals surface area contributed by atoms with Crippen LogP contribution in [0.4, 0.5) is 4.39 Å². The van der Waals surface area contributed by atoms with E-state index < -0.39 is 36.1 Å². The number of ether oxygens (including phenoxy) is 3. The summed E-state index contributed by atoms with van der Waals surface area (Å²) in [5, 5.41) is 0. The molecule has 2 unspecified atom stereocenters. The number of carbonyl (C=O) groups is 2. The fourth-order valence-electron chi connectivity index (χ4n) is 2.40. The Morgan fingerprint density at radius 1 is 1.32 bits per heavy atom. The molecule has 0 saturated carbocycles. The molecule has 1 saturated heterocycles. The highest BCUT2D eigenvalue weighted by molar-refractivity contribution is 5.89. The molecule has 22 heavy (non-hydrogen) atoms. The number of benzene rings is 1. The lowest BCUT2D eigenvalue weighted by Crippen LogP contribution is -2.48. The lowest BCUT2D eigenvalue weighted by atomic mass is 9.97. The number of alkyl halides is 1. The number of esters is 2. The van der Waals surface area contributed by atoms with Gasteiger partial charge in [-0.2, -0.15) is 0 Å². The first-order valence-electron chi connectivity index (χ1n) is 7.13. The third-order valence-corrected chi connectivity index (χ3v) is 3.64. The minimum absolute atomic E-state index is 0.289. The van der Waals surface area contributed by atoms with Crippen LogP contribution in [-0.4, -0.2) is 36.1 Å².